The first-order valence-corrected chi connectivity index (χ1v) is 6.28. The molecule has 17 heavy (non-hydrogen) atoms. The predicted molar refractivity (Wildman–Crippen MR) is 71.7 cm³/mol. The Morgan fingerprint density at radius 1 is 1.29 bits per heavy atom. The molecule has 3 nitrogen and oxygen atoms in total. The van der Waals surface area contributed by atoms with Gasteiger partial charge in [-0.3, -0.25) is 0 Å². The maximum Gasteiger partial charge on any atom is 0.126 e. The highest BCUT2D eigenvalue weighted by atomic mass is 16.5. The van der Waals surface area contributed by atoms with Crippen molar-refractivity contribution in [3.8, 4) is 5.75 Å². The van der Waals surface area contributed by atoms with Gasteiger partial charge >= 0.3 is 0 Å². The van der Waals surface area contributed by atoms with Crippen LogP contribution >= 0.6 is 0 Å². The lowest BCUT2D eigenvalue weighted by Crippen LogP contribution is -2.21. The fraction of sp³-hybridized carbons (Fsp3) is 0.571. The van der Waals surface area contributed by atoms with E-state index in [1.54, 1.807) is 7.11 Å². The van der Waals surface area contributed by atoms with Crippen LogP contribution in [0.3, 0.4) is 0 Å². The van der Waals surface area contributed by atoms with Crippen molar-refractivity contribution < 1.29 is 4.74 Å². The molecule has 0 bridgehead atoms. The molecular weight excluding hydrogens is 212 g/mol. The third-order valence-corrected chi connectivity index (χ3v) is 3.64. The number of hydrogen-bond acceptors (Lipinski definition) is 3. The molecule has 0 aliphatic heterocycles. The first kappa shape index (κ1) is 12.2. The number of ether oxygens (including phenoxy) is 1. The van der Waals surface area contributed by atoms with Gasteiger partial charge in [-0.25, -0.2) is 0 Å². The van der Waals surface area contributed by atoms with E-state index in [1.807, 2.05) is 0 Å². The zero-order valence-electron chi connectivity index (χ0n) is 10.9. The van der Waals surface area contributed by atoms with Gasteiger partial charge in [-0.15, -0.1) is 0 Å². The molecule has 3 heteroatoms. The zero-order valence-corrected chi connectivity index (χ0v) is 10.9. The first-order valence-electron chi connectivity index (χ1n) is 6.28. The van der Waals surface area contributed by atoms with Gasteiger partial charge < -0.3 is 15.8 Å². The van der Waals surface area contributed by atoms with Crippen LogP contribution in [0.4, 0.5) is 5.69 Å². The van der Waals surface area contributed by atoms with Gasteiger partial charge in [0.2, 0.25) is 0 Å². The minimum absolute atomic E-state index is 0.361. The van der Waals surface area contributed by atoms with Crippen molar-refractivity contribution in [3.05, 3.63) is 23.3 Å². The summed E-state index contributed by atoms with van der Waals surface area (Å²) in [6.07, 6.45) is 3.35. The van der Waals surface area contributed by atoms with Crippen LogP contribution < -0.4 is 15.8 Å². The fourth-order valence-corrected chi connectivity index (χ4v) is 2.66. The standard InChI is InChI=1S/C14H22N2O/c1-9-4-7-13(10(2)14(9)17-3)16-12-6-5-11(15)8-12/h4,7,11-12,16H,5-6,8,15H2,1-3H3. The molecule has 0 heterocycles. The molecule has 0 spiro atoms. The Morgan fingerprint density at radius 2 is 2.06 bits per heavy atom. The summed E-state index contributed by atoms with van der Waals surface area (Å²) < 4.78 is 5.44. The molecule has 2 atom stereocenters. The molecule has 1 aliphatic rings. The van der Waals surface area contributed by atoms with Gasteiger partial charge in [0.15, 0.2) is 0 Å². The molecule has 3 N–H and O–H groups in total. The minimum atomic E-state index is 0.361. The Bertz CT molecular complexity index is 403. The maximum absolute atomic E-state index is 5.93. The predicted octanol–water partition coefficient (Wildman–Crippen LogP) is 2.60. The molecule has 0 radical (unpaired) electrons. The number of nitrogens with one attached hydrogen (secondary N) is 1. The van der Waals surface area contributed by atoms with Crippen LogP contribution in [0, 0.1) is 13.8 Å². The Hall–Kier alpha value is -1.22. The highest BCUT2D eigenvalue weighted by Crippen LogP contribution is 2.31. The summed E-state index contributed by atoms with van der Waals surface area (Å²) in [5, 5.41) is 3.58. The lowest BCUT2D eigenvalue weighted by molar-refractivity contribution is 0.409. The van der Waals surface area contributed by atoms with Gasteiger partial charge in [0.05, 0.1) is 7.11 Å². The molecule has 1 aliphatic carbocycles. The van der Waals surface area contributed by atoms with Gasteiger partial charge in [-0.05, 0) is 44.7 Å². The summed E-state index contributed by atoms with van der Waals surface area (Å²) in [4.78, 5) is 0. The summed E-state index contributed by atoms with van der Waals surface area (Å²) >= 11 is 0. The van der Waals surface area contributed by atoms with Crippen LogP contribution in [0.5, 0.6) is 5.75 Å². The SMILES string of the molecule is COc1c(C)ccc(NC2CCC(N)C2)c1C. The molecule has 1 aromatic rings. The lowest BCUT2D eigenvalue weighted by Gasteiger charge is -2.18. The second-order valence-corrected chi connectivity index (χ2v) is 5.00. The number of methoxy groups -OCH3 is 1. The number of rotatable bonds is 3. The van der Waals surface area contributed by atoms with E-state index in [0.717, 1.165) is 25.0 Å². The van der Waals surface area contributed by atoms with Crippen molar-refractivity contribution in [2.24, 2.45) is 5.73 Å². The van der Waals surface area contributed by atoms with E-state index in [2.05, 4.69) is 31.3 Å². The molecule has 0 aromatic heterocycles. The molecule has 2 rings (SSSR count). The summed E-state index contributed by atoms with van der Waals surface area (Å²) in [5.74, 6) is 0.984. The first-order chi connectivity index (χ1) is 8.11. The number of nitrogens with two attached hydrogens (primary N) is 1. The van der Waals surface area contributed by atoms with Crippen LogP contribution in [-0.4, -0.2) is 19.2 Å². The van der Waals surface area contributed by atoms with E-state index in [1.165, 1.54) is 16.8 Å². The van der Waals surface area contributed by atoms with Crippen molar-refractivity contribution in [2.45, 2.75) is 45.2 Å². The Kier molecular flexibility index (Phi) is 3.57. The largest absolute Gasteiger partial charge is 0.496 e. The van der Waals surface area contributed by atoms with E-state index in [4.69, 9.17) is 10.5 Å². The maximum atomic E-state index is 5.93. The second-order valence-electron chi connectivity index (χ2n) is 5.00. The second kappa shape index (κ2) is 4.96. The normalized spacial score (nSPS) is 23.8. The van der Waals surface area contributed by atoms with E-state index >= 15 is 0 Å². The van der Waals surface area contributed by atoms with Gasteiger partial charge in [0, 0.05) is 23.3 Å². The van der Waals surface area contributed by atoms with Crippen molar-refractivity contribution in [2.75, 3.05) is 12.4 Å². The molecule has 1 fully saturated rings. The van der Waals surface area contributed by atoms with Gasteiger partial charge in [-0.1, -0.05) is 6.07 Å². The summed E-state index contributed by atoms with van der Waals surface area (Å²) in [6, 6.07) is 5.11. The smallest absolute Gasteiger partial charge is 0.126 e. The Labute approximate surface area is 103 Å². The third-order valence-electron chi connectivity index (χ3n) is 3.64. The molecule has 2 unspecified atom stereocenters. The van der Waals surface area contributed by atoms with E-state index < -0.39 is 0 Å². The third kappa shape index (κ3) is 2.55. The van der Waals surface area contributed by atoms with Gasteiger partial charge in [-0.2, -0.15) is 0 Å². The van der Waals surface area contributed by atoms with Crippen LogP contribution in [-0.2, 0) is 0 Å². The highest BCUT2D eigenvalue weighted by molar-refractivity contribution is 5.60. The van der Waals surface area contributed by atoms with Crippen molar-refractivity contribution >= 4 is 5.69 Å². The zero-order chi connectivity index (χ0) is 12.4. The lowest BCUT2D eigenvalue weighted by atomic mass is 10.1. The summed E-state index contributed by atoms with van der Waals surface area (Å²) in [5.41, 5.74) is 9.47. The Morgan fingerprint density at radius 3 is 2.65 bits per heavy atom. The van der Waals surface area contributed by atoms with Crippen LogP contribution in [0.15, 0.2) is 12.1 Å². The minimum Gasteiger partial charge on any atom is -0.496 e. The summed E-state index contributed by atoms with van der Waals surface area (Å²) in [7, 11) is 1.73. The molecule has 1 saturated carbocycles. The molecule has 94 valence electrons. The van der Waals surface area contributed by atoms with Crippen molar-refractivity contribution in [1.29, 1.82) is 0 Å². The van der Waals surface area contributed by atoms with Crippen LogP contribution in [0.1, 0.15) is 30.4 Å². The quantitative estimate of drug-likeness (QED) is 0.845. The number of hydrogen-bond donors (Lipinski definition) is 2. The Balaban J connectivity index is 2.16. The van der Waals surface area contributed by atoms with Crippen molar-refractivity contribution in [3.63, 3.8) is 0 Å². The van der Waals surface area contributed by atoms with Crippen LogP contribution in [0.25, 0.3) is 0 Å². The highest BCUT2D eigenvalue weighted by Gasteiger charge is 2.22. The monoisotopic (exact) mass is 234 g/mol. The van der Waals surface area contributed by atoms with Crippen LogP contribution in [0.2, 0.25) is 0 Å². The van der Waals surface area contributed by atoms with E-state index in [9.17, 15) is 0 Å². The van der Waals surface area contributed by atoms with E-state index in [-0.39, 0.29) is 0 Å². The molecular formula is C14H22N2O. The summed E-state index contributed by atoms with van der Waals surface area (Å²) in [6.45, 7) is 4.17. The van der Waals surface area contributed by atoms with Gasteiger partial charge in [0.25, 0.3) is 0 Å². The topological polar surface area (TPSA) is 47.3 Å². The number of aryl methyl sites for hydroxylation is 1. The van der Waals surface area contributed by atoms with Crippen molar-refractivity contribution in [1.82, 2.24) is 0 Å². The number of benzene rings is 1. The molecule has 0 saturated heterocycles. The average molecular weight is 234 g/mol. The fourth-order valence-electron chi connectivity index (χ4n) is 2.66. The number of anilines is 1. The average Bonchev–Trinajstić information content (AvgIpc) is 2.69. The van der Waals surface area contributed by atoms with Gasteiger partial charge in [0.1, 0.15) is 5.75 Å². The molecule has 1 aromatic carbocycles. The molecule has 0 amide bonds. The van der Waals surface area contributed by atoms with E-state index in [0.29, 0.717) is 12.1 Å².